The normalized spacial score (nSPS) is 15.0. The van der Waals surface area contributed by atoms with E-state index in [0.29, 0.717) is 30.9 Å². The number of rotatable bonds is 10. The van der Waals surface area contributed by atoms with Gasteiger partial charge in [-0.15, -0.1) is 0 Å². The number of carboxylic acid groups (broad SMARTS) is 1. The Kier molecular flexibility index (Phi) is 9.33. The molecule has 2 aromatic carbocycles. The number of nitriles is 1. The number of halogens is 1. The molecule has 14 heteroatoms. The Morgan fingerprint density at radius 1 is 1.31 bits per heavy atom. The van der Waals surface area contributed by atoms with E-state index in [2.05, 4.69) is 9.71 Å². The fourth-order valence-electron chi connectivity index (χ4n) is 4.88. The Bertz CT molecular complexity index is 1680. The van der Waals surface area contributed by atoms with Crippen LogP contribution in [0.25, 0.3) is 10.9 Å². The van der Waals surface area contributed by atoms with Gasteiger partial charge in [-0.2, -0.15) is 18.0 Å². The zero-order valence-electron chi connectivity index (χ0n) is 23.6. The van der Waals surface area contributed by atoms with Crippen LogP contribution in [0.3, 0.4) is 0 Å². The first kappa shape index (κ1) is 30.7. The summed E-state index contributed by atoms with van der Waals surface area (Å²) < 4.78 is 50.4. The van der Waals surface area contributed by atoms with Crippen LogP contribution in [-0.4, -0.2) is 65.1 Å². The third kappa shape index (κ3) is 6.63. The van der Waals surface area contributed by atoms with E-state index in [-0.39, 0.29) is 40.5 Å². The molecule has 1 fully saturated rings. The van der Waals surface area contributed by atoms with Gasteiger partial charge in [0.2, 0.25) is 0 Å². The largest absolute Gasteiger partial charge is 0.465 e. The third-order valence-electron chi connectivity index (χ3n) is 7.64. The number of hydrogen-bond acceptors (Lipinski definition) is 7. The summed E-state index contributed by atoms with van der Waals surface area (Å²) in [5, 5.41) is 19.1. The van der Waals surface area contributed by atoms with Crippen LogP contribution in [-0.2, 0) is 10.2 Å². The molecule has 0 radical (unpaired) electrons. The molecule has 1 aromatic heterocycles. The van der Waals surface area contributed by atoms with Crippen molar-refractivity contribution in [2.24, 2.45) is 5.92 Å². The summed E-state index contributed by atoms with van der Waals surface area (Å²) in [6.45, 7) is 4.74. The fraction of sp³-hybridized carbons (Fsp3) is 0.429. The SMILES string of the molecule is CCN(C)S(=O)(=O)Nc1ccc(F)c(Oc2ccc3ncn(C(C)CCC4CCN(C(=O)O)CC4)c(=O)c3c2)c1C#N. The van der Waals surface area contributed by atoms with E-state index < -0.39 is 27.9 Å². The Labute approximate surface area is 243 Å². The van der Waals surface area contributed by atoms with E-state index in [1.54, 1.807) is 19.1 Å². The Balaban J connectivity index is 1.56. The summed E-state index contributed by atoms with van der Waals surface area (Å²) in [5.74, 6) is -0.926. The van der Waals surface area contributed by atoms with Crippen LogP contribution in [0.15, 0.2) is 41.5 Å². The number of fused-ring (bicyclic) bond motifs is 1. The molecule has 1 atom stereocenters. The molecule has 3 aromatic rings. The molecule has 1 aliphatic rings. The number of carbonyl (C=O) groups is 1. The van der Waals surface area contributed by atoms with Crippen molar-refractivity contribution >= 4 is 32.9 Å². The van der Waals surface area contributed by atoms with Gasteiger partial charge in [0.1, 0.15) is 17.4 Å². The van der Waals surface area contributed by atoms with Crippen LogP contribution in [0.1, 0.15) is 51.1 Å². The van der Waals surface area contributed by atoms with Crippen molar-refractivity contribution in [3.05, 3.63) is 58.4 Å². The summed E-state index contributed by atoms with van der Waals surface area (Å²) >= 11 is 0. The van der Waals surface area contributed by atoms with Crippen LogP contribution in [0.5, 0.6) is 11.5 Å². The second kappa shape index (κ2) is 12.7. The van der Waals surface area contributed by atoms with E-state index in [9.17, 15) is 27.7 Å². The van der Waals surface area contributed by atoms with Crippen molar-refractivity contribution < 1.29 is 27.4 Å². The maximum Gasteiger partial charge on any atom is 0.407 e. The number of hydrogen-bond donors (Lipinski definition) is 2. The van der Waals surface area contributed by atoms with Crippen molar-refractivity contribution in [2.45, 2.75) is 45.6 Å². The van der Waals surface area contributed by atoms with Gasteiger partial charge in [-0.3, -0.25) is 14.1 Å². The van der Waals surface area contributed by atoms with Crippen molar-refractivity contribution in [3.8, 4) is 17.6 Å². The lowest BCUT2D eigenvalue weighted by Crippen LogP contribution is -2.37. The van der Waals surface area contributed by atoms with Crippen LogP contribution < -0.4 is 15.0 Å². The maximum atomic E-state index is 14.8. The smallest absolute Gasteiger partial charge is 0.407 e. The van der Waals surface area contributed by atoms with Crippen LogP contribution >= 0.6 is 0 Å². The Morgan fingerprint density at radius 3 is 2.67 bits per heavy atom. The lowest BCUT2D eigenvalue weighted by atomic mass is 9.91. The van der Waals surface area contributed by atoms with E-state index in [0.717, 1.165) is 35.7 Å². The molecule has 12 nitrogen and oxygen atoms in total. The maximum absolute atomic E-state index is 14.8. The molecule has 2 heterocycles. The van der Waals surface area contributed by atoms with Gasteiger partial charge in [-0.25, -0.2) is 14.2 Å². The first-order valence-electron chi connectivity index (χ1n) is 13.6. The lowest BCUT2D eigenvalue weighted by Gasteiger charge is -2.30. The number of ether oxygens (including phenoxy) is 1. The molecule has 0 saturated carbocycles. The fourth-order valence-corrected chi connectivity index (χ4v) is 5.82. The topological polar surface area (TPSA) is 158 Å². The minimum Gasteiger partial charge on any atom is -0.465 e. The number of aromatic nitrogens is 2. The Morgan fingerprint density at radius 2 is 2.02 bits per heavy atom. The molecular formula is C28H33FN6O6S. The molecule has 2 N–H and O–H groups in total. The standard InChI is InChI=1S/C28H33FN6O6S/c1-4-33(3)42(39,40)32-25-10-8-23(29)26(22(25)16-30)41-20-7-9-24-21(15-20)27(36)35(17-31-24)18(2)5-6-19-11-13-34(14-12-19)28(37)38/h7-10,15,17-19,32H,4-6,11-14H2,1-3H3,(H,37,38). The quantitative estimate of drug-likeness (QED) is 0.343. The van der Waals surface area contributed by atoms with Gasteiger partial charge in [0.15, 0.2) is 11.6 Å². The summed E-state index contributed by atoms with van der Waals surface area (Å²) in [6.07, 6.45) is 3.69. The minimum absolute atomic E-state index is 0.0677. The number of likely N-dealkylation sites (tertiary alicyclic amines) is 1. The van der Waals surface area contributed by atoms with Crippen molar-refractivity contribution in [1.29, 1.82) is 5.26 Å². The third-order valence-corrected chi connectivity index (χ3v) is 9.20. The monoisotopic (exact) mass is 600 g/mol. The number of benzene rings is 2. The highest BCUT2D eigenvalue weighted by atomic mass is 32.2. The molecule has 4 rings (SSSR count). The minimum atomic E-state index is -3.99. The van der Waals surface area contributed by atoms with Gasteiger partial charge >= 0.3 is 16.3 Å². The summed E-state index contributed by atoms with van der Waals surface area (Å²) in [6, 6.07) is 8.20. The number of anilines is 1. The zero-order chi connectivity index (χ0) is 30.6. The van der Waals surface area contributed by atoms with E-state index in [1.165, 1.54) is 35.0 Å². The highest BCUT2D eigenvalue weighted by molar-refractivity contribution is 7.90. The average molecular weight is 601 g/mol. The predicted molar refractivity (Wildman–Crippen MR) is 154 cm³/mol. The van der Waals surface area contributed by atoms with Crippen molar-refractivity contribution in [2.75, 3.05) is 31.4 Å². The molecule has 42 heavy (non-hydrogen) atoms. The zero-order valence-corrected chi connectivity index (χ0v) is 24.4. The van der Waals surface area contributed by atoms with Crippen molar-refractivity contribution in [3.63, 3.8) is 0 Å². The number of piperidine rings is 1. The van der Waals surface area contributed by atoms with Crippen molar-refractivity contribution in [1.82, 2.24) is 18.8 Å². The molecule has 0 aliphatic carbocycles. The van der Waals surface area contributed by atoms with Crippen LogP contribution in [0.2, 0.25) is 0 Å². The van der Waals surface area contributed by atoms with Gasteiger partial charge in [0.25, 0.3) is 5.56 Å². The lowest BCUT2D eigenvalue weighted by molar-refractivity contribution is 0.122. The highest BCUT2D eigenvalue weighted by Gasteiger charge is 2.24. The molecular weight excluding hydrogens is 567 g/mol. The van der Waals surface area contributed by atoms with Crippen LogP contribution in [0.4, 0.5) is 14.9 Å². The number of amides is 1. The van der Waals surface area contributed by atoms with Gasteiger partial charge in [-0.05, 0) is 68.9 Å². The summed E-state index contributed by atoms with van der Waals surface area (Å²) in [4.78, 5) is 30.4. The molecule has 1 amide bonds. The molecule has 1 unspecified atom stereocenters. The predicted octanol–water partition coefficient (Wildman–Crippen LogP) is 4.54. The average Bonchev–Trinajstić information content (AvgIpc) is 2.97. The Hall–Kier alpha value is -4.22. The highest BCUT2D eigenvalue weighted by Crippen LogP contribution is 2.34. The van der Waals surface area contributed by atoms with Gasteiger partial charge in [0, 0.05) is 32.7 Å². The molecule has 224 valence electrons. The van der Waals surface area contributed by atoms with E-state index in [4.69, 9.17) is 9.84 Å². The van der Waals surface area contributed by atoms with Gasteiger partial charge < -0.3 is 14.7 Å². The van der Waals surface area contributed by atoms with E-state index >= 15 is 0 Å². The van der Waals surface area contributed by atoms with Gasteiger partial charge in [-0.1, -0.05) is 6.92 Å². The molecule has 0 bridgehead atoms. The molecule has 0 spiro atoms. The molecule has 1 saturated heterocycles. The van der Waals surface area contributed by atoms with Gasteiger partial charge in [0.05, 0.1) is 22.9 Å². The second-order valence-corrected chi connectivity index (χ2v) is 12.1. The van der Waals surface area contributed by atoms with Crippen LogP contribution in [0, 0.1) is 23.1 Å². The van der Waals surface area contributed by atoms with E-state index in [1.807, 2.05) is 6.92 Å². The summed E-state index contributed by atoms with van der Waals surface area (Å²) in [7, 11) is -2.63. The first-order chi connectivity index (χ1) is 19.9. The first-order valence-corrected chi connectivity index (χ1v) is 15.0. The second-order valence-electron chi connectivity index (χ2n) is 10.3. The molecule has 1 aliphatic heterocycles. The number of nitrogens with one attached hydrogen (secondary N) is 1. The number of nitrogens with zero attached hydrogens (tertiary/aromatic N) is 5. The summed E-state index contributed by atoms with van der Waals surface area (Å²) in [5.41, 5.74) is -0.415.